The van der Waals surface area contributed by atoms with Gasteiger partial charge in [0, 0.05) is 82.3 Å². The molecule has 1 heterocycles. The highest BCUT2D eigenvalue weighted by Gasteiger charge is 2.35. The highest BCUT2D eigenvalue weighted by atomic mass is 16.6. The molecule has 4 N–H and O–H groups in total. The van der Waals surface area contributed by atoms with Crippen LogP contribution in [0.15, 0.2) is 48.5 Å². The molecule has 1 unspecified atom stereocenters. The largest absolute Gasteiger partial charge is 0.441 e. The number of ether oxygens (including phenoxy) is 2. The average molecular weight is 664 g/mol. The van der Waals surface area contributed by atoms with Crippen molar-refractivity contribution < 1.29 is 29.0 Å². The fourth-order valence-electron chi connectivity index (χ4n) is 6.16. The van der Waals surface area contributed by atoms with E-state index < -0.39 is 12.2 Å². The molecule has 0 spiro atoms. The Morgan fingerprint density at radius 2 is 1.60 bits per heavy atom. The molecule has 0 fully saturated rings. The summed E-state index contributed by atoms with van der Waals surface area (Å²) in [5.41, 5.74) is 9.85. The van der Waals surface area contributed by atoms with Crippen LogP contribution in [0.2, 0.25) is 0 Å². The number of aliphatic hydroxyl groups is 1. The fraction of sp³-hybridized carbons (Fsp3) is 0.541. The maximum atomic E-state index is 13.1. The quantitative estimate of drug-likeness (QED) is 0.143. The van der Waals surface area contributed by atoms with Crippen molar-refractivity contribution >= 4 is 29.2 Å². The van der Waals surface area contributed by atoms with E-state index >= 15 is 0 Å². The number of amides is 2. The van der Waals surface area contributed by atoms with E-state index in [4.69, 9.17) is 14.6 Å². The van der Waals surface area contributed by atoms with Crippen LogP contribution in [0.5, 0.6) is 0 Å². The number of hydrazine groups is 2. The Balaban J connectivity index is 1.34. The first kappa shape index (κ1) is 36.9. The number of carbonyl (C=O) groups is 3. The van der Waals surface area contributed by atoms with Gasteiger partial charge in [0.15, 0.2) is 0 Å². The smallest absolute Gasteiger partial charge is 0.407 e. The lowest BCUT2D eigenvalue weighted by Gasteiger charge is -2.28. The van der Waals surface area contributed by atoms with Crippen LogP contribution in [0.25, 0.3) is 11.4 Å². The maximum Gasteiger partial charge on any atom is 0.407 e. The van der Waals surface area contributed by atoms with Crippen molar-refractivity contribution in [2.75, 3.05) is 46.5 Å². The second-order valence-corrected chi connectivity index (χ2v) is 12.3. The monoisotopic (exact) mass is 663 g/mol. The van der Waals surface area contributed by atoms with Crippen LogP contribution in [0, 0.1) is 0 Å². The average Bonchev–Trinajstić information content (AvgIpc) is 3.41. The van der Waals surface area contributed by atoms with Gasteiger partial charge >= 0.3 is 6.09 Å². The van der Waals surface area contributed by atoms with Crippen LogP contribution in [-0.2, 0) is 25.5 Å². The zero-order chi connectivity index (χ0) is 34.1. The first-order valence-electron chi connectivity index (χ1n) is 17.5. The predicted octanol–water partition coefficient (Wildman–Crippen LogP) is 5.12. The van der Waals surface area contributed by atoms with Gasteiger partial charge < -0.3 is 25.2 Å². The summed E-state index contributed by atoms with van der Waals surface area (Å²) in [4.78, 5) is 36.9. The number of benzene rings is 2. The van der Waals surface area contributed by atoms with Crippen molar-refractivity contribution in [3.63, 3.8) is 0 Å². The molecule has 2 aromatic rings. The molecule has 1 aliphatic heterocycles. The van der Waals surface area contributed by atoms with Gasteiger partial charge in [-0.05, 0) is 37.7 Å². The summed E-state index contributed by atoms with van der Waals surface area (Å²) < 4.78 is 11.5. The topological polar surface area (TPSA) is 132 Å². The van der Waals surface area contributed by atoms with Gasteiger partial charge in [-0.1, -0.05) is 68.3 Å². The Bertz CT molecular complexity index is 1380. The number of aliphatic hydroxyl groups excluding tert-OH is 1. The van der Waals surface area contributed by atoms with Crippen LogP contribution in [0.3, 0.4) is 0 Å². The zero-order valence-electron chi connectivity index (χ0n) is 28.6. The number of unbranched alkanes of at least 4 members (excludes halogenated alkanes) is 4. The second kappa shape index (κ2) is 19.8. The Kier molecular flexibility index (Phi) is 15.2. The van der Waals surface area contributed by atoms with Gasteiger partial charge in [-0.15, -0.1) is 5.53 Å². The summed E-state index contributed by atoms with van der Waals surface area (Å²) in [5, 5.41) is 18.8. The Morgan fingerprint density at radius 1 is 0.854 bits per heavy atom. The van der Waals surface area contributed by atoms with Gasteiger partial charge in [0.1, 0.15) is 11.9 Å². The minimum Gasteiger partial charge on any atom is -0.441 e. The number of carbonyl (C=O) groups excluding carboxylic acids is 3. The molecule has 0 saturated heterocycles. The van der Waals surface area contributed by atoms with Crippen molar-refractivity contribution in [3.8, 4) is 0 Å². The van der Waals surface area contributed by atoms with Gasteiger partial charge in [0.05, 0.1) is 18.0 Å². The standard InChI is InChI=1S/C37H53N5O6/c1-3-29(44)16-6-5-13-23-42-36-32-19-11-10-18-31(32)33(27-28-15-8-9-17-30(28)35(36)41(2)40-42)48-37(46)39-21-12-4-7-20-34(45)38-22-26-47-25-14-24-43/h8-11,15,17-19,33,40,43H,3-7,12-14,16,20-27H2,1-2H3,(H,38,45)(H,39,46). The van der Waals surface area contributed by atoms with E-state index in [-0.39, 0.29) is 12.5 Å². The summed E-state index contributed by atoms with van der Waals surface area (Å²) in [6, 6.07) is 16.4. The molecule has 2 amide bonds. The van der Waals surface area contributed by atoms with Crippen LogP contribution in [0.1, 0.15) is 99.5 Å². The molecule has 48 heavy (non-hydrogen) atoms. The first-order valence-corrected chi connectivity index (χ1v) is 17.5. The first-order chi connectivity index (χ1) is 23.4. The molecule has 2 aromatic carbocycles. The van der Waals surface area contributed by atoms with Crippen molar-refractivity contribution in [1.82, 2.24) is 26.2 Å². The van der Waals surface area contributed by atoms with Gasteiger partial charge in [-0.2, -0.15) is 0 Å². The molecule has 0 bridgehead atoms. The number of nitrogens with one attached hydrogen (secondary N) is 3. The fourth-order valence-corrected chi connectivity index (χ4v) is 6.16. The molecule has 1 atom stereocenters. The van der Waals surface area contributed by atoms with Crippen LogP contribution >= 0.6 is 0 Å². The molecule has 0 aromatic heterocycles. The predicted molar refractivity (Wildman–Crippen MR) is 186 cm³/mol. The molecule has 2 aliphatic rings. The van der Waals surface area contributed by atoms with Gasteiger partial charge in [0.2, 0.25) is 5.91 Å². The summed E-state index contributed by atoms with van der Waals surface area (Å²) in [5.74, 6) is 0.300. The molecule has 1 aliphatic carbocycles. The number of fused-ring (bicyclic) bond motifs is 4. The number of Topliss-reactive ketones (excluding diaryl/α,β-unsaturated/α-hetero) is 1. The van der Waals surface area contributed by atoms with E-state index in [0.717, 1.165) is 78.7 Å². The zero-order valence-corrected chi connectivity index (χ0v) is 28.6. The molecule has 4 rings (SSSR count). The lowest BCUT2D eigenvalue weighted by molar-refractivity contribution is -0.121. The normalized spacial score (nSPS) is 15.3. The summed E-state index contributed by atoms with van der Waals surface area (Å²) in [6.45, 7) is 4.63. The lowest BCUT2D eigenvalue weighted by atomic mass is 9.87. The third-order valence-electron chi connectivity index (χ3n) is 8.69. The third kappa shape index (κ3) is 10.8. The van der Waals surface area contributed by atoms with E-state index in [1.165, 1.54) is 0 Å². The Labute approximate surface area is 285 Å². The number of alkyl carbamates (subject to hydrolysis) is 1. The van der Waals surface area contributed by atoms with Crippen LogP contribution in [-0.4, -0.2) is 79.4 Å². The molecular weight excluding hydrogens is 610 g/mol. The highest BCUT2D eigenvalue weighted by Crippen LogP contribution is 2.42. The SMILES string of the molecule is CCC(=O)CCCCCN1NN(C)C2=C1c1ccccc1C(OC(=O)NCCCCCC(=O)NCCOCCCO)Cc1ccccc12. The van der Waals surface area contributed by atoms with E-state index in [9.17, 15) is 14.4 Å². The van der Waals surface area contributed by atoms with Gasteiger partial charge in [-0.25, -0.2) is 4.79 Å². The molecular formula is C37H53N5O6. The van der Waals surface area contributed by atoms with E-state index in [1.54, 1.807) is 0 Å². The minimum absolute atomic E-state index is 0.0136. The van der Waals surface area contributed by atoms with Crippen LogP contribution < -0.4 is 16.2 Å². The van der Waals surface area contributed by atoms with Gasteiger partial charge in [0.25, 0.3) is 0 Å². The number of rotatable bonds is 20. The van der Waals surface area contributed by atoms with Crippen molar-refractivity contribution in [1.29, 1.82) is 0 Å². The van der Waals surface area contributed by atoms with E-state index in [0.29, 0.717) is 64.2 Å². The molecule has 0 radical (unpaired) electrons. The lowest BCUT2D eigenvalue weighted by Crippen LogP contribution is -2.39. The number of hydrogen-bond donors (Lipinski definition) is 4. The summed E-state index contributed by atoms with van der Waals surface area (Å²) in [6.07, 6.45) is 6.93. The van der Waals surface area contributed by atoms with Crippen LogP contribution in [0.4, 0.5) is 4.79 Å². The van der Waals surface area contributed by atoms with E-state index in [1.807, 2.05) is 44.3 Å². The number of hydrogen-bond acceptors (Lipinski definition) is 9. The summed E-state index contributed by atoms with van der Waals surface area (Å²) >= 11 is 0. The number of nitrogens with zero attached hydrogens (tertiary/aromatic N) is 2. The Hall–Kier alpha value is -3.93. The minimum atomic E-state index is -0.486. The van der Waals surface area contributed by atoms with Crippen molar-refractivity contribution in [3.05, 3.63) is 70.8 Å². The Morgan fingerprint density at radius 3 is 2.42 bits per heavy atom. The molecule has 262 valence electrons. The third-order valence-corrected chi connectivity index (χ3v) is 8.69. The second-order valence-electron chi connectivity index (χ2n) is 12.3. The summed E-state index contributed by atoms with van der Waals surface area (Å²) in [7, 11) is 2.03. The molecule has 11 nitrogen and oxygen atoms in total. The molecule has 11 heteroatoms. The number of ketones is 1. The molecule has 0 saturated carbocycles. The maximum absolute atomic E-state index is 13.1. The van der Waals surface area contributed by atoms with Crippen molar-refractivity contribution in [2.24, 2.45) is 0 Å². The van der Waals surface area contributed by atoms with Crippen molar-refractivity contribution in [2.45, 2.75) is 83.7 Å². The van der Waals surface area contributed by atoms with E-state index in [2.05, 4.69) is 44.4 Å². The van der Waals surface area contributed by atoms with Gasteiger partial charge in [-0.3, -0.25) is 19.6 Å². The highest BCUT2D eigenvalue weighted by molar-refractivity contribution is 5.92.